The summed E-state index contributed by atoms with van der Waals surface area (Å²) < 4.78 is 40.5. The number of aliphatic hydroxyl groups is 2. The van der Waals surface area contributed by atoms with Gasteiger partial charge in [0.15, 0.2) is 11.2 Å². The molecule has 13 heteroatoms. The predicted octanol–water partition coefficient (Wildman–Crippen LogP) is 2.52. The molecule has 42 heavy (non-hydrogen) atoms. The van der Waals surface area contributed by atoms with Gasteiger partial charge in [-0.15, -0.1) is 5.10 Å². The second kappa shape index (κ2) is 14.2. The molecular formula is C29H38N6O6S. The second-order valence-electron chi connectivity index (χ2n) is 10.3. The van der Waals surface area contributed by atoms with Crippen LogP contribution in [0.15, 0.2) is 47.5 Å². The van der Waals surface area contributed by atoms with Crippen molar-refractivity contribution in [2.45, 2.75) is 70.8 Å². The maximum atomic E-state index is 13.0. The number of ether oxygens (including phenoxy) is 2. The molecule has 2 heterocycles. The third-order valence-electron chi connectivity index (χ3n) is 7.09. The fourth-order valence-electron chi connectivity index (χ4n) is 4.93. The molecule has 4 atom stereocenters. The lowest BCUT2D eigenvalue weighted by molar-refractivity contribution is -0.245. The highest BCUT2D eigenvalue weighted by molar-refractivity contribution is 7.93. The molecule has 1 saturated heterocycles. The Morgan fingerprint density at radius 2 is 1.93 bits per heavy atom. The molecule has 3 N–H and O–H groups in total. The van der Waals surface area contributed by atoms with Crippen molar-refractivity contribution in [2.75, 3.05) is 25.1 Å². The van der Waals surface area contributed by atoms with E-state index in [9.17, 15) is 23.9 Å². The van der Waals surface area contributed by atoms with Crippen LogP contribution in [0.2, 0.25) is 0 Å². The summed E-state index contributed by atoms with van der Waals surface area (Å²) in [5.74, 6) is 0. The molecule has 4 rings (SSSR count). The van der Waals surface area contributed by atoms with Gasteiger partial charge in [0.05, 0.1) is 24.9 Å². The van der Waals surface area contributed by atoms with Gasteiger partial charge in [0.2, 0.25) is 0 Å². The summed E-state index contributed by atoms with van der Waals surface area (Å²) >= 11 is 0. The van der Waals surface area contributed by atoms with E-state index in [0.717, 1.165) is 42.4 Å². The fraction of sp³-hybridized carbons (Fsp3) is 0.483. The minimum Gasteiger partial charge on any atom is -0.390 e. The van der Waals surface area contributed by atoms with Gasteiger partial charge < -0.3 is 24.6 Å². The predicted molar refractivity (Wildman–Crippen MR) is 158 cm³/mol. The molecule has 0 unspecified atom stereocenters. The number of fused-ring (bicyclic) bond motifs is 1. The zero-order valence-electron chi connectivity index (χ0n) is 24.0. The van der Waals surface area contributed by atoms with Crippen molar-refractivity contribution in [3.63, 3.8) is 0 Å². The number of aromatic nitrogens is 3. The summed E-state index contributed by atoms with van der Waals surface area (Å²) in [4.78, 5) is 1.92. The van der Waals surface area contributed by atoms with Crippen molar-refractivity contribution in [1.29, 1.82) is 5.26 Å². The Bertz CT molecular complexity index is 1530. The van der Waals surface area contributed by atoms with Crippen LogP contribution >= 0.6 is 0 Å². The van der Waals surface area contributed by atoms with Crippen molar-refractivity contribution in [2.24, 2.45) is 0 Å². The SMILES string of the molecule is CCCN(CCC)c1ccc2cc(/C=C(\C#N)S(=O)(=O)NCc3cn(C[C@H]4O[C@H](OC)C[C@@H](O)[C@@H]4O)nn3)ccc2c1. The second-order valence-corrected chi connectivity index (χ2v) is 12.0. The van der Waals surface area contributed by atoms with Gasteiger partial charge in [-0.25, -0.2) is 17.8 Å². The fourth-order valence-corrected chi connectivity index (χ4v) is 5.83. The molecule has 0 radical (unpaired) electrons. The smallest absolute Gasteiger partial charge is 0.251 e. The van der Waals surface area contributed by atoms with Crippen LogP contribution in [0.25, 0.3) is 16.8 Å². The number of hydrogen-bond donors (Lipinski definition) is 3. The highest BCUT2D eigenvalue weighted by Gasteiger charge is 2.37. The molecule has 3 aromatic rings. The zero-order valence-corrected chi connectivity index (χ0v) is 24.9. The van der Waals surface area contributed by atoms with E-state index in [4.69, 9.17) is 9.47 Å². The average Bonchev–Trinajstić information content (AvgIpc) is 3.43. The van der Waals surface area contributed by atoms with Gasteiger partial charge in [-0.2, -0.15) is 5.26 Å². The maximum Gasteiger partial charge on any atom is 0.251 e. The van der Waals surface area contributed by atoms with Gasteiger partial charge in [0, 0.05) is 38.5 Å². The van der Waals surface area contributed by atoms with E-state index in [1.165, 1.54) is 24.1 Å². The monoisotopic (exact) mass is 598 g/mol. The van der Waals surface area contributed by atoms with Gasteiger partial charge in [0.25, 0.3) is 10.0 Å². The molecule has 2 aromatic carbocycles. The number of nitriles is 1. The van der Waals surface area contributed by atoms with Gasteiger partial charge in [-0.3, -0.25) is 0 Å². The van der Waals surface area contributed by atoms with Crippen molar-refractivity contribution in [1.82, 2.24) is 19.7 Å². The van der Waals surface area contributed by atoms with E-state index >= 15 is 0 Å². The standard InChI is InChI=1S/C29H38N6O6S/c1-4-10-34(11-5-2)24-9-8-21-12-20(6-7-22(21)14-24)13-25(16-30)42(38,39)31-17-23-18-35(33-32-23)19-27-29(37)26(36)15-28(40-3)41-27/h6-9,12-14,18,26-29,31,36-37H,4-5,10-11,15,17,19H2,1-3H3/b25-13+/t26-,27-,28+,29+/m1/s1. The Morgan fingerprint density at radius 1 is 1.21 bits per heavy atom. The molecule has 1 fully saturated rings. The summed E-state index contributed by atoms with van der Waals surface area (Å²) in [6.45, 7) is 6.13. The number of sulfonamides is 1. The number of aliphatic hydroxyl groups excluding tert-OH is 2. The number of methoxy groups -OCH3 is 1. The van der Waals surface area contributed by atoms with Crippen LogP contribution < -0.4 is 9.62 Å². The highest BCUT2D eigenvalue weighted by atomic mass is 32.2. The average molecular weight is 599 g/mol. The van der Waals surface area contributed by atoms with Gasteiger partial charge in [-0.1, -0.05) is 37.3 Å². The number of hydrogen-bond acceptors (Lipinski definition) is 10. The summed E-state index contributed by atoms with van der Waals surface area (Å²) in [5.41, 5.74) is 2.03. The Hall–Kier alpha value is -3.38. The molecule has 0 bridgehead atoms. The van der Waals surface area contributed by atoms with Crippen molar-refractivity contribution < 1.29 is 28.1 Å². The van der Waals surface area contributed by atoms with E-state index in [1.807, 2.05) is 18.2 Å². The Labute approximate surface area is 246 Å². The third kappa shape index (κ3) is 7.71. The molecule has 1 aromatic heterocycles. The molecule has 0 amide bonds. The molecule has 12 nitrogen and oxygen atoms in total. The van der Waals surface area contributed by atoms with E-state index in [2.05, 4.69) is 45.9 Å². The largest absolute Gasteiger partial charge is 0.390 e. The Kier molecular flexibility index (Phi) is 10.7. The molecule has 1 aliphatic heterocycles. The minimum atomic E-state index is -4.15. The Morgan fingerprint density at radius 3 is 2.62 bits per heavy atom. The number of allylic oxidation sites excluding steroid dienone is 1. The zero-order chi connectivity index (χ0) is 30.3. The molecular weight excluding hydrogens is 560 g/mol. The van der Waals surface area contributed by atoms with Crippen LogP contribution in [-0.2, 0) is 32.6 Å². The summed E-state index contributed by atoms with van der Waals surface area (Å²) in [6.07, 6.45) is 1.48. The number of nitrogens with zero attached hydrogens (tertiary/aromatic N) is 5. The molecule has 1 aliphatic rings. The summed E-state index contributed by atoms with van der Waals surface area (Å²) in [7, 11) is -2.70. The van der Waals surface area contributed by atoms with Crippen LogP contribution in [0.1, 0.15) is 44.4 Å². The first-order valence-corrected chi connectivity index (χ1v) is 15.5. The normalized spacial score (nSPS) is 21.4. The summed E-state index contributed by atoms with van der Waals surface area (Å²) in [6, 6.07) is 13.6. The Balaban J connectivity index is 1.43. The first kappa shape index (κ1) is 31.6. The van der Waals surface area contributed by atoms with Gasteiger partial charge in [0.1, 0.15) is 18.3 Å². The molecule has 0 spiro atoms. The highest BCUT2D eigenvalue weighted by Crippen LogP contribution is 2.25. The van der Waals surface area contributed by atoms with Crippen LogP contribution in [0.4, 0.5) is 5.69 Å². The lowest BCUT2D eigenvalue weighted by Crippen LogP contribution is -2.50. The lowest BCUT2D eigenvalue weighted by Gasteiger charge is -2.36. The minimum absolute atomic E-state index is 0.0693. The van der Waals surface area contributed by atoms with E-state index < -0.39 is 39.5 Å². The number of anilines is 1. The van der Waals surface area contributed by atoms with Crippen LogP contribution in [0, 0.1) is 11.3 Å². The van der Waals surface area contributed by atoms with Crippen molar-refractivity contribution in [3.8, 4) is 6.07 Å². The molecule has 0 aliphatic carbocycles. The van der Waals surface area contributed by atoms with E-state index in [1.54, 1.807) is 12.1 Å². The summed E-state index contributed by atoms with van der Waals surface area (Å²) in [5, 5.41) is 39.8. The first-order valence-electron chi connectivity index (χ1n) is 14.0. The van der Waals surface area contributed by atoms with Crippen LogP contribution in [0.5, 0.6) is 0 Å². The van der Waals surface area contributed by atoms with E-state index in [-0.39, 0.29) is 19.5 Å². The number of benzene rings is 2. The first-order chi connectivity index (χ1) is 20.2. The van der Waals surface area contributed by atoms with E-state index in [0.29, 0.717) is 11.3 Å². The number of nitrogens with one attached hydrogen (secondary N) is 1. The van der Waals surface area contributed by atoms with Crippen molar-refractivity contribution >= 4 is 32.6 Å². The number of rotatable bonds is 13. The molecule has 0 saturated carbocycles. The quantitative estimate of drug-likeness (QED) is 0.249. The maximum absolute atomic E-state index is 13.0. The van der Waals surface area contributed by atoms with Crippen LogP contribution in [0.3, 0.4) is 0 Å². The van der Waals surface area contributed by atoms with Crippen LogP contribution in [-0.4, -0.2) is 78.4 Å². The topological polar surface area (TPSA) is 163 Å². The third-order valence-corrected chi connectivity index (χ3v) is 8.41. The lowest BCUT2D eigenvalue weighted by atomic mass is 10.0. The van der Waals surface area contributed by atoms with Gasteiger partial charge >= 0.3 is 0 Å². The molecule has 226 valence electrons. The van der Waals surface area contributed by atoms with Gasteiger partial charge in [-0.05, 0) is 53.5 Å². The van der Waals surface area contributed by atoms with Crippen molar-refractivity contribution in [3.05, 3.63) is 58.8 Å².